The summed E-state index contributed by atoms with van der Waals surface area (Å²) in [6, 6.07) is 0.759. The fraction of sp³-hybridized carbons (Fsp3) is 0.933. The molecule has 0 radical (unpaired) electrons. The van der Waals surface area contributed by atoms with Gasteiger partial charge in [0.25, 0.3) is 0 Å². The Morgan fingerprint density at radius 3 is 2.53 bits per heavy atom. The van der Waals surface area contributed by atoms with E-state index in [1.54, 1.807) is 0 Å². The van der Waals surface area contributed by atoms with Crippen LogP contribution in [0.15, 0.2) is 0 Å². The Morgan fingerprint density at radius 2 is 2.05 bits per heavy atom. The van der Waals surface area contributed by atoms with Crippen molar-refractivity contribution in [2.75, 3.05) is 13.1 Å². The highest BCUT2D eigenvalue weighted by Gasteiger charge is 2.34. The van der Waals surface area contributed by atoms with Gasteiger partial charge in [-0.2, -0.15) is 0 Å². The number of nitrogens with zero attached hydrogens (tertiary/aromatic N) is 1. The lowest BCUT2D eigenvalue weighted by atomic mass is 9.75. The molecule has 0 aromatic carbocycles. The van der Waals surface area contributed by atoms with Crippen LogP contribution in [0.4, 0.5) is 0 Å². The molecule has 1 rings (SSSR count). The normalized spacial score (nSPS) is 28.0. The Kier molecular flexibility index (Phi) is 6.80. The molecule has 3 atom stereocenters. The first-order valence-electron chi connectivity index (χ1n) is 7.73. The zero-order chi connectivity index (χ0) is 14.4. The van der Waals surface area contributed by atoms with Crippen LogP contribution in [-0.2, 0) is 4.79 Å². The van der Waals surface area contributed by atoms with Crippen molar-refractivity contribution < 1.29 is 4.79 Å². The Morgan fingerprint density at radius 1 is 1.37 bits per heavy atom. The predicted octanol–water partition coefficient (Wildman–Crippen LogP) is 1.73. The Bertz CT molecular complexity index is 281. The number of rotatable bonds is 7. The second kappa shape index (κ2) is 7.85. The summed E-state index contributed by atoms with van der Waals surface area (Å²) in [6.07, 6.45) is 6.17. The van der Waals surface area contributed by atoms with Gasteiger partial charge in [-0.1, -0.05) is 26.2 Å². The maximum absolute atomic E-state index is 11.3. The largest absolute Gasteiger partial charge is 0.369 e. The molecule has 0 saturated heterocycles. The fourth-order valence-electron chi connectivity index (χ4n) is 3.51. The number of hydrogen-bond acceptors (Lipinski definition) is 3. The fourth-order valence-corrected chi connectivity index (χ4v) is 3.51. The van der Waals surface area contributed by atoms with Gasteiger partial charge in [-0.25, -0.2) is 0 Å². The van der Waals surface area contributed by atoms with Gasteiger partial charge in [0.1, 0.15) is 0 Å². The average molecular weight is 269 g/mol. The van der Waals surface area contributed by atoms with Gasteiger partial charge in [0, 0.05) is 12.1 Å². The lowest BCUT2D eigenvalue weighted by Gasteiger charge is -2.44. The number of carbonyl (C=O) groups is 1. The van der Waals surface area contributed by atoms with Crippen LogP contribution >= 0.6 is 0 Å². The van der Waals surface area contributed by atoms with Crippen molar-refractivity contribution in [3.63, 3.8) is 0 Å². The van der Waals surface area contributed by atoms with Crippen molar-refractivity contribution in [2.45, 2.75) is 65.0 Å². The molecule has 1 aliphatic carbocycles. The van der Waals surface area contributed by atoms with E-state index in [2.05, 4.69) is 25.7 Å². The molecule has 0 spiro atoms. The van der Waals surface area contributed by atoms with E-state index in [0.29, 0.717) is 31.1 Å². The highest BCUT2D eigenvalue weighted by atomic mass is 16.1. The minimum absolute atomic E-state index is 0.234. The van der Waals surface area contributed by atoms with E-state index in [9.17, 15) is 4.79 Å². The van der Waals surface area contributed by atoms with Gasteiger partial charge in [0.2, 0.25) is 5.91 Å². The van der Waals surface area contributed by atoms with Gasteiger partial charge in [-0.15, -0.1) is 0 Å². The number of nitrogens with two attached hydrogens (primary N) is 2. The molecule has 19 heavy (non-hydrogen) atoms. The average Bonchev–Trinajstić information content (AvgIpc) is 2.36. The second-order valence-corrected chi connectivity index (χ2v) is 6.26. The molecule has 4 nitrogen and oxygen atoms in total. The summed E-state index contributed by atoms with van der Waals surface area (Å²) in [5.41, 5.74) is 11.3. The van der Waals surface area contributed by atoms with Crippen LogP contribution in [0.3, 0.4) is 0 Å². The molecule has 0 heterocycles. The first kappa shape index (κ1) is 16.4. The molecule has 0 bridgehead atoms. The summed E-state index contributed by atoms with van der Waals surface area (Å²) in [4.78, 5) is 13.6. The zero-order valence-corrected chi connectivity index (χ0v) is 12.8. The molecule has 112 valence electrons. The maximum Gasteiger partial charge on any atom is 0.231 e. The van der Waals surface area contributed by atoms with Crippen LogP contribution in [0, 0.1) is 11.8 Å². The number of carbonyl (C=O) groups excluding carboxylic acids is 1. The van der Waals surface area contributed by atoms with E-state index >= 15 is 0 Å². The van der Waals surface area contributed by atoms with Gasteiger partial charge in [-0.05, 0) is 45.1 Å². The minimum Gasteiger partial charge on any atom is -0.369 e. The summed E-state index contributed by atoms with van der Waals surface area (Å²) >= 11 is 0. The van der Waals surface area contributed by atoms with E-state index < -0.39 is 0 Å². The van der Waals surface area contributed by atoms with Crippen LogP contribution in [0.1, 0.15) is 52.9 Å². The Labute approximate surface area is 117 Å². The lowest BCUT2D eigenvalue weighted by molar-refractivity contribution is -0.121. The van der Waals surface area contributed by atoms with E-state index in [0.717, 1.165) is 5.92 Å². The molecular formula is C15H31N3O. The monoisotopic (exact) mass is 269 g/mol. The van der Waals surface area contributed by atoms with Crippen LogP contribution in [0.5, 0.6) is 0 Å². The third kappa shape index (κ3) is 4.77. The third-order valence-corrected chi connectivity index (χ3v) is 4.49. The summed E-state index contributed by atoms with van der Waals surface area (Å²) in [7, 11) is 0. The Hall–Kier alpha value is -0.610. The highest BCUT2D eigenvalue weighted by Crippen LogP contribution is 2.35. The molecule has 1 fully saturated rings. The van der Waals surface area contributed by atoms with Gasteiger partial charge >= 0.3 is 0 Å². The zero-order valence-electron chi connectivity index (χ0n) is 12.8. The SMILES string of the molecule is CCCC1CCC(CN)C(N(CC(N)=O)C(C)C)C1. The van der Waals surface area contributed by atoms with Crippen LogP contribution in [0.25, 0.3) is 0 Å². The quantitative estimate of drug-likeness (QED) is 0.739. The molecule has 3 unspecified atom stereocenters. The molecule has 1 amide bonds. The van der Waals surface area contributed by atoms with Crippen molar-refractivity contribution in [1.29, 1.82) is 0 Å². The molecule has 1 saturated carbocycles. The predicted molar refractivity (Wildman–Crippen MR) is 79.6 cm³/mol. The van der Waals surface area contributed by atoms with Crippen molar-refractivity contribution in [3.8, 4) is 0 Å². The first-order valence-corrected chi connectivity index (χ1v) is 7.73. The van der Waals surface area contributed by atoms with Crippen molar-refractivity contribution >= 4 is 5.91 Å². The summed E-state index contributed by atoms with van der Waals surface area (Å²) in [5, 5.41) is 0. The van der Waals surface area contributed by atoms with Crippen LogP contribution in [-0.4, -0.2) is 36.0 Å². The van der Waals surface area contributed by atoms with E-state index in [1.807, 2.05) is 0 Å². The minimum atomic E-state index is -0.234. The van der Waals surface area contributed by atoms with Gasteiger partial charge in [0.05, 0.1) is 6.54 Å². The molecular weight excluding hydrogens is 238 g/mol. The number of hydrogen-bond donors (Lipinski definition) is 2. The third-order valence-electron chi connectivity index (χ3n) is 4.49. The maximum atomic E-state index is 11.3. The lowest BCUT2D eigenvalue weighted by Crippen LogP contribution is -2.52. The van der Waals surface area contributed by atoms with E-state index in [1.165, 1.54) is 32.1 Å². The second-order valence-electron chi connectivity index (χ2n) is 6.26. The van der Waals surface area contributed by atoms with Crippen LogP contribution < -0.4 is 11.5 Å². The van der Waals surface area contributed by atoms with Crippen molar-refractivity contribution in [2.24, 2.45) is 23.3 Å². The first-order chi connectivity index (χ1) is 8.99. The summed E-state index contributed by atoms with van der Waals surface area (Å²) in [6.45, 7) is 7.59. The number of primary amides is 1. The molecule has 4 heteroatoms. The van der Waals surface area contributed by atoms with Crippen molar-refractivity contribution in [3.05, 3.63) is 0 Å². The Balaban J connectivity index is 2.78. The standard InChI is InChI=1S/C15H31N3O/c1-4-5-12-6-7-13(9-16)14(8-12)18(11(2)3)10-15(17)19/h11-14H,4-10,16H2,1-3H3,(H2,17,19). The summed E-state index contributed by atoms with van der Waals surface area (Å²) < 4.78 is 0. The topological polar surface area (TPSA) is 72.3 Å². The van der Waals surface area contributed by atoms with Crippen LogP contribution in [0.2, 0.25) is 0 Å². The smallest absolute Gasteiger partial charge is 0.231 e. The van der Waals surface area contributed by atoms with Crippen molar-refractivity contribution in [1.82, 2.24) is 4.90 Å². The molecule has 4 N–H and O–H groups in total. The molecule has 0 aromatic heterocycles. The summed E-state index contributed by atoms with van der Waals surface area (Å²) in [5.74, 6) is 1.06. The molecule has 0 aromatic rings. The number of amides is 1. The van der Waals surface area contributed by atoms with E-state index in [4.69, 9.17) is 11.5 Å². The molecule has 1 aliphatic rings. The molecule has 0 aliphatic heterocycles. The van der Waals surface area contributed by atoms with Gasteiger partial charge < -0.3 is 11.5 Å². The van der Waals surface area contributed by atoms with Gasteiger partial charge in [0.15, 0.2) is 0 Å². The van der Waals surface area contributed by atoms with Gasteiger partial charge in [-0.3, -0.25) is 9.69 Å². The highest BCUT2D eigenvalue weighted by molar-refractivity contribution is 5.76. The van der Waals surface area contributed by atoms with E-state index in [-0.39, 0.29) is 5.91 Å².